The van der Waals surface area contributed by atoms with Crippen molar-refractivity contribution < 1.29 is 0 Å². The summed E-state index contributed by atoms with van der Waals surface area (Å²) in [6.45, 7) is 4.40. The molecular weight excluding hydrogens is 338 g/mol. The van der Waals surface area contributed by atoms with Crippen LogP contribution in [0.4, 0.5) is 5.82 Å². The Morgan fingerprint density at radius 2 is 2.07 bits per heavy atom. The molecule has 4 heterocycles. The Kier molecular flexibility index (Phi) is 4.50. The number of nitrogens with one attached hydrogen (secondary N) is 3. The number of rotatable bonds is 5. The first-order valence-corrected chi connectivity index (χ1v) is 9.08. The van der Waals surface area contributed by atoms with Crippen LogP contribution in [0.15, 0.2) is 60.5 Å². The van der Waals surface area contributed by atoms with Crippen molar-refractivity contribution in [2.45, 2.75) is 20.3 Å². The zero-order valence-corrected chi connectivity index (χ0v) is 15.7. The van der Waals surface area contributed by atoms with Crippen LogP contribution in [0.25, 0.3) is 22.2 Å². The summed E-state index contributed by atoms with van der Waals surface area (Å²) in [7, 11) is 1.90. The van der Waals surface area contributed by atoms with Gasteiger partial charge in [0.1, 0.15) is 11.6 Å². The van der Waals surface area contributed by atoms with Crippen LogP contribution in [0.1, 0.15) is 20.3 Å². The van der Waals surface area contributed by atoms with Crippen LogP contribution >= 0.6 is 0 Å². The summed E-state index contributed by atoms with van der Waals surface area (Å²) in [6, 6.07) is 5.94. The van der Waals surface area contributed by atoms with Crippen molar-refractivity contribution in [3.8, 4) is 11.1 Å². The molecule has 27 heavy (non-hydrogen) atoms. The Morgan fingerprint density at radius 3 is 2.85 bits per heavy atom. The van der Waals surface area contributed by atoms with Gasteiger partial charge in [-0.25, -0.2) is 4.98 Å². The van der Waals surface area contributed by atoms with E-state index in [0.717, 1.165) is 40.2 Å². The van der Waals surface area contributed by atoms with E-state index in [1.54, 1.807) is 4.68 Å². The fraction of sp³-hybridized carbons (Fsp3) is 0.250. The summed E-state index contributed by atoms with van der Waals surface area (Å²) >= 11 is 0. The molecule has 3 N–H and O–H groups in total. The van der Waals surface area contributed by atoms with Gasteiger partial charge in [0.05, 0.1) is 17.2 Å². The number of aryl methyl sites for hydroxylation is 1. The summed E-state index contributed by atoms with van der Waals surface area (Å²) in [5.74, 6) is 2.13. The molecule has 1 aliphatic heterocycles. The third kappa shape index (κ3) is 3.62. The zero-order valence-electron chi connectivity index (χ0n) is 15.7. The highest BCUT2D eigenvalue weighted by Gasteiger charge is 2.11. The van der Waals surface area contributed by atoms with Crippen molar-refractivity contribution in [1.82, 2.24) is 30.6 Å². The molecule has 0 bridgehead atoms. The highest BCUT2D eigenvalue weighted by Crippen LogP contribution is 2.23. The lowest BCUT2D eigenvalue weighted by molar-refractivity contribution is 0.629. The van der Waals surface area contributed by atoms with Gasteiger partial charge in [-0.15, -0.1) is 0 Å². The van der Waals surface area contributed by atoms with E-state index < -0.39 is 0 Å². The molecule has 3 aromatic heterocycles. The van der Waals surface area contributed by atoms with Crippen LogP contribution < -0.4 is 16.2 Å². The van der Waals surface area contributed by atoms with E-state index in [2.05, 4.69) is 46.2 Å². The minimum atomic E-state index is 0.493. The summed E-state index contributed by atoms with van der Waals surface area (Å²) in [5.41, 5.74) is 11.2. The van der Waals surface area contributed by atoms with Crippen molar-refractivity contribution >= 4 is 16.9 Å². The van der Waals surface area contributed by atoms with Crippen LogP contribution in [-0.4, -0.2) is 19.7 Å². The van der Waals surface area contributed by atoms with E-state index in [0.29, 0.717) is 5.92 Å². The molecule has 0 radical (unpaired) electrons. The molecule has 1 aliphatic rings. The summed E-state index contributed by atoms with van der Waals surface area (Å²) in [6.07, 6.45) is 10.9. The number of aromatic nitrogens is 4. The molecule has 4 rings (SSSR count). The molecule has 3 aromatic rings. The van der Waals surface area contributed by atoms with Crippen molar-refractivity contribution in [2.75, 3.05) is 5.32 Å². The molecule has 7 nitrogen and oxygen atoms in total. The first kappa shape index (κ1) is 17.1. The van der Waals surface area contributed by atoms with Gasteiger partial charge in [-0.2, -0.15) is 5.10 Å². The Bertz CT molecular complexity index is 1030. The predicted octanol–water partition coefficient (Wildman–Crippen LogP) is 3.32. The summed E-state index contributed by atoms with van der Waals surface area (Å²) < 4.78 is 1.78. The van der Waals surface area contributed by atoms with Gasteiger partial charge in [-0.05, 0) is 42.2 Å². The average molecular weight is 361 g/mol. The number of hydrogen-bond donors (Lipinski definition) is 3. The Labute approximate surface area is 158 Å². The second-order valence-corrected chi connectivity index (χ2v) is 6.77. The Morgan fingerprint density at radius 1 is 1.19 bits per heavy atom. The standard InChI is InChI=1S/C20H23N7/c1-4-13(2)14-8-20(26-22-10-14)25-19-6-5-17-18(24-19)7-15(9-21-17)16-11-23-27(3)12-16/h5-13,22,26H,4H2,1-3H3,(H,24,25). The van der Waals surface area contributed by atoms with Gasteiger partial charge in [0, 0.05) is 36.8 Å². The van der Waals surface area contributed by atoms with Gasteiger partial charge in [-0.3, -0.25) is 15.1 Å². The summed E-state index contributed by atoms with van der Waals surface area (Å²) in [5, 5.41) is 7.56. The van der Waals surface area contributed by atoms with E-state index in [-0.39, 0.29) is 0 Å². The maximum atomic E-state index is 4.72. The van der Waals surface area contributed by atoms with E-state index in [4.69, 9.17) is 4.98 Å². The Balaban J connectivity index is 1.61. The minimum Gasteiger partial charge on any atom is -0.325 e. The van der Waals surface area contributed by atoms with Gasteiger partial charge in [-0.1, -0.05) is 13.8 Å². The third-order valence-electron chi connectivity index (χ3n) is 4.78. The van der Waals surface area contributed by atoms with E-state index in [1.807, 2.05) is 50.0 Å². The smallest absolute Gasteiger partial charge is 0.132 e. The molecular formula is C20H23N7. The van der Waals surface area contributed by atoms with Gasteiger partial charge < -0.3 is 10.7 Å². The van der Waals surface area contributed by atoms with Crippen LogP contribution in [0.2, 0.25) is 0 Å². The molecule has 0 spiro atoms. The first-order valence-electron chi connectivity index (χ1n) is 9.08. The normalized spacial score (nSPS) is 14.8. The maximum absolute atomic E-state index is 4.72. The van der Waals surface area contributed by atoms with Crippen molar-refractivity contribution in [1.29, 1.82) is 0 Å². The second kappa shape index (κ2) is 7.11. The van der Waals surface area contributed by atoms with Crippen LogP contribution in [-0.2, 0) is 7.05 Å². The van der Waals surface area contributed by atoms with Gasteiger partial charge in [0.25, 0.3) is 0 Å². The molecule has 0 aliphatic carbocycles. The molecule has 0 fully saturated rings. The highest BCUT2D eigenvalue weighted by molar-refractivity contribution is 5.81. The molecule has 1 unspecified atom stereocenters. The van der Waals surface area contributed by atoms with E-state index in [9.17, 15) is 0 Å². The molecule has 7 heteroatoms. The maximum Gasteiger partial charge on any atom is 0.132 e. The fourth-order valence-electron chi connectivity index (χ4n) is 2.97. The molecule has 1 atom stereocenters. The summed E-state index contributed by atoms with van der Waals surface area (Å²) in [4.78, 5) is 9.25. The average Bonchev–Trinajstić information content (AvgIpc) is 3.13. The number of nitrogens with zero attached hydrogens (tertiary/aromatic N) is 4. The molecule has 138 valence electrons. The third-order valence-corrected chi connectivity index (χ3v) is 4.78. The number of pyridine rings is 2. The fourth-order valence-corrected chi connectivity index (χ4v) is 2.97. The highest BCUT2D eigenvalue weighted by atomic mass is 15.4. The number of anilines is 1. The van der Waals surface area contributed by atoms with E-state index >= 15 is 0 Å². The number of allylic oxidation sites excluding steroid dienone is 2. The lowest BCUT2D eigenvalue weighted by Gasteiger charge is -2.21. The predicted molar refractivity (Wildman–Crippen MR) is 107 cm³/mol. The molecule has 0 aromatic carbocycles. The van der Waals surface area contributed by atoms with Gasteiger partial charge in [0.15, 0.2) is 0 Å². The van der Waals surface area contributed by atoms with Crippen LogP contribution in [0, 0.1) is 5.92 Å². The van der Waals surface area contributed by atoms with Crippen molar-refractivity contribution in [3.05, 3.63) is 60.5 Å². The second-order valence-electron chi connectivity index (χ2n) is 6.77. The lowest BCUT2D eigenvalue weighted by Crippen LogP contribution is -2.33. The molecule has 0 saturated carbocycles. The SMILES string of the molecule is CCC(C)C1=CNNC(Nc2ccc3ncc(-c4cnn(C)c4)cc3n2)=C1. The monoisotopic (exact) mass is 361 g/mol. The first-order chi connectivity index (χ1) is 13.1. The molecule has 0 amide bonds. The topological polar surface area (TPSA) is 79.7 Å². The quantitative estimate of drug-likeness (QED) is 0.647. The van der Waals surface area contributed by atoms with E-state index in [1.165, 1.54) is 5.57 Å². The minimum absolute atomic E-state index is 0.493. The lowest BCUT2D eigenvalue weighted by atomic mass is 9.98. The Hall–Kier alpha value is -3.35. The largest absolute Gasteiger partial charge is 0.325 e. The van der Waals surface area contributed by atoms with Gasteiger partial charge >= 0.3 is 0 Å². The van der Waals surface area contributed by atoms with Gasteiger partial charge in [0.2, 0.25) is 0 Å². The number of hydrazine groups is 1. The zero-order chi connectivity index (χ0) is 18.8. The number of hydrogen-bond acceptors (Lipinski definition) is 6. The van der Waals surface area contributed by atoms with Crippen molar-refractivity contribution in [2.24, 2.45) is 13.0 Å². The van der Waals surface area contributed by atoms with Crippen molar-refractivity contribution in [3.63, 3.8) is 0 Å². The van der Waals surface area contributed by atoms with Crippen LogP contribution in [0.3, 0.4) is 0 Å². The van der Waals surface area contributed by atoms with Crippen LogP contribution in [0.5, 0.6) is 0 Å². The number of fused-ring (bicyclic) bond motifs is 1. The molecule has 0 saturated heterocycles.